The maximum absolute atomic E-state index is 4.20. The molecule has 11 heavy (non-hydrogen) atoms. The topological polar surface area (TPSA) is 43.6 Å². The molecule has 0 saturated carbocycles. The van der Waals surface area contributed by atoms with Crippen LogP contribution in [0.4, 0.5) is 0 Å². The van der Waals surface area contributed by atoms with E-state index in [9.17, 15) is 0 Å². The average molecular weight is 148 g/mol. The first-order chi connectivity index (χ1) is 5.40. The minimum Gasteiger partial charge on any atom is -0.270 e. The molecule has 0 spiro atoms. The van der Waals surface area contributed by atoms with Crippen LogP contribution >= 0.6 is 0 Å². The van der Waals surface area contributed by atoms with Crippen LogP contribution in [-0.4, -0.2) is 19.7 Å². The zero-order valence-electron chi connectivity index (χ0n) is 6.23. The third-order valence-electron chi connectivity index (χ3n) is 1.55. The number of aromatic nitrogens is 4. The normalized spacial score (nSPS) is 10.6. The second kappa shape index (κ2) is 2.30. The van der Waals surface area contributed by atoms with Crippen LogP contribution in [0.2, 0.25) is 0 Å². The van der Waals surface area contributed by atoms with Gasteiger partial charge in [-0.3, -0.25) is 4.68 Å². The molecule has 0 unspecified atom stereocenters. The fourth-order valence-corrected chi connectivity index (χ4v) is 0.982. The van der Waals surface area contributed by atoms with E-state index in [1.54, 1.807) is 6.20 Å². The Morgan fingerprint density at radius 3 is 3.18 bits per heavy atom. The summed E-state index contributed by atoms with van der Waals surface area (Å²) in [7, 11) is 0. The molecule has 4 heteroatoms. The lowest BCUT2D eigenvalue weighted by molar-refractivity contribution is 0.666. The van der Waals surface area contributed by atoms with Crippen molar-refractivity contribution in [1.29, 1.82) is 0 Å². The first-order valence-electron chi connectivity index (χ1n) is 3.53. The lowest BCUT2D eigenvalue weighted by Crippen LogP contribution is -1.92. The van der Waals surface area contributed by atoms with E-state index in [1.807, 2.05) is 17.8 Å². The minimum atomic E-state index is 0.766. The second-order valence-electron chi connectivity index (χ2n) is 2.29. The maximum atomic E-state index is 4.20. The number of aryl methyl sites for hydroxylation is 1. The van der Waals surface area contributed by atoms with Gasteiger partial charge in [0.2, 0.25) is 0 Å². The van der Waals surface area contributed by atoms with Gasteiger partial charge in [-0.2, -0.15) is 5.10 Å². The van der Waals surface area contributed by atoms with Crippen molar-refractivity contribution in [1.82, 2.24) is 19.7 Å². The molecule has 0 aliphatic carbocycles. The van der Waals surface area contributed by atoms with Gasteiger partial charge in [-0.05, 0) is 6.92 Å². The lowest BCUT2D eigenvalue weighted by Gasteiger charge is -1.87. The highest BCUT2D eigenvalue weighted by Gasteiger charge is 1.97. The van der Waals surface area contributed by atoms with Gasteiger partial charge in [-0.15, -0.1) is 0 Å². The van der Waals surface area contributed by atoms with Crippen molar-refractivity contribution in [3.05, 3.63) is 18.7 Å². The zero-order valence-corrected chi connectivity index (χ0v) is 6.23. The monoisotopic (exact) mass is 148 g/mol. The molecule has 0 bridgehead atoms. The van der Waals surface area contributed by atoms with E-state index in [1.165, 1.54) is 6.33 Å². The third-order valence-corrected chi connectivity index (χ3v) is 1.55. The van der Waals surface area contributed by atoms with Crippen LogP contribution in [0.5, 0.6) is 0 Å². The highest BCUT2D eigenvalue weighted by atomic mass is 15.3. The average Bonchev–Trinajstić information content (AvgIpc) is 2.46. The Morgan fingerprint density at radius 1 is 1.55 bits per heavy atom. The smallest absolute Gasteiger partial charge is 0.184 e. The molecule has 56 valence electrons. The van der Waals surface area contributed by atoms with E-state index in [0.717, 1.165) is 17.6 Å². The summed E-state index contributed by atoms with van der Waals surface area (Å²) in [5.41, 5.74) is 0.766. The molecule has 0 N–H and O–H groups in total. The quantitative estimate of drug-likeness (QED) is 0.602. The summed E-state index contributed by atoms with van der Waals surface area (Å²) in [6.45, 7) is 2.91. The van der Waals surface area contributed by atoms with Gasteiger partial charge in [-0.25, -0.2) is 9.97 Å². The summed E-state index contributed by atoms with van der Waals surface area (Å²) in [6.07, 6.45) is 5.21. The highest BCUT2D eigenvalue weighted by Crippen LogP contribution is 2.05. The predicted molar refractivity (Wildman–Crippen MR) is 41.0 cm³/mol. The van der Waals surface area contributed by atoms with Gasteiger partial charge in [-0.1, -0.05) is 0 Å². The van der Waals surface area contributed by atoms with Gasteiger partial charge in [0.05, 0.1) is 5.39 Å². The second-order valence-corrected chi connectivity index (χ2v) is 2.29. The Hall–Kier alpha value is -1.45. The molecule has 4 nitrogen and oxygen atoms in total. The molecule has 0 aliphatic heterocycles. The van der Waals surface area contributed by atoms with Gasteiger partial charge in [0.15, 0.2) is 5.65 Å². The van der Waals surface area contributed by atoms with E-state index >= 15 is 0 Å². The molecule has 0 amide bonds. The number of hydrogen-bond acceptors (Lipinski definition) is 3. The van der Waals surface area contributed by atoms with Crippen molar-refractivity contribution in [2.75, 3.05) is 0 Å². The number of nitrogens with zero attached hydrogens (tertiary/aromatic N) is 4. The Kier molecular flexibility index (Phi) is 1.31. The standard InChI is InChI=1S/C7H8N4/c1-2-11-4-6-3-8-5-9-7(6)10-11/h3-5H,2H2,1H3. The van der Waals surface area contributed by atoms with Crippen LogP contribution in [-0.2, 0) is 6.54 Å². The van der Waals surface area contributed by atoms with E-state index in [0.29, 0.717) is 0 Å². The maximum Gasteiger partial charge on any atom is 0.184 e. The Labute approximate surface area is 63.9 Å². The van der Waals surface area contributed by atoms with Crippen LogP contribution in [0.15, 0.2) is 18.7 Å². The molecular formula is C7H8N4. The Balaban J connectivity index is 2.69. The highest BCUT2D eigenvalue weighted by molar-refractivity contribution is 5.72. The van der Waals surface area contributed by atoms with Crippen molar-refractivity contribution in [3.63, 3.8) is 0 Å². The lowest BCUT2D eigenvalue weighted by atomic mass is 10.4. The summed E-state index contributed by atoms with van der Waals surface area (Å²) < 4.78 is 1.85. The summed E-state index contributed by atoms with van der Waals surface area (Å²) in [5.74, 6) is 0. The van der Waals surface area contributed by atoms with E-state index < -0.39 is 0 Å². The van der Waals surface area contributed by atoms with E-state index in [-0.39, 0.29) is 0 Å². The summed E-state index contributed by atoms with van der Waals surface area (Å²) in [4.78, 5) is 7.90. The molecule has 0 atom stereocenters. The number of rotatable bonds is 1. The van der Waals surface area contributed by atoms with Crippen molar-refractivity contribution in [2.24, 2.45) is 0 Å². The number of fused-ring (bicyclic) bond motifs is 1. The van der Waals surface area contributed by atoms with Gasteiger partial charge >= 0.3 is 0 Å². The molecule has 0 saturated heterocycles. The molecule has 2 rings (SSSR count). The summed E-state index contributed by atoms with van der Waals surface area (Å²) in [6, 6.07) is 0. The molecule has 2 aromatic heterocycles. The predicted octanol–water partition coefficient (Wildman–Crippen LogP) is 0.846. The molecule has 2 heterocycles. The van der Waals surface area contributed by atoms with E-state index in [2.05, 4.69) is 15.1 Å². The summed E-state index contributed by atoms with van der Waals surface area (Å²) >= 11 is 0. The van der Waals surface area contributed by atoms with Crippen molar-refractivity contribution in [3.8, 4) is 0 Å². The Bertz CT molecular complexity index is 332. The minimum absolute atomic E-state index is 0.766. The third kappa shape index (κ3) is 0.960. The fraction of sp³-hybridized carbons (Fsp3) is 0.286. The molecular weight excluding hydrogens is 140 g/mol. The largest absolute Gasteiger partial charge is 0.270 e. The van der Waals surface area contributed by atoms with Crippen LogP contribution < -0.4 is 0 Å². The van der Waals surface area contributed by atoms with Gasteiger partial charge in [0.25, 0.3) is 0 Å². The van der Waals surface area contributed by atoms with Crippen molar-refractivity contribution < 1.29 is 0 Å². The number of hydrogen-bond donors (Lipinski definition) is 0. The van der Waals surface area contributed by atoms with Crippen LogP contribution in [0.25, 0.3) is 11.0 Å². The first-order valence-corrected chi connectivity index (χ1v) is 3.53. The molecule has 2 aromatic rings. The van der Waals surface area contributed by atoms with Gasteiger partial charge in [0.1, 0.15) is 6.33 Å². The molecule has 0 aliphatic rings. The summed E-state index contributed by atoms with van der Waals surface area (Å²) in [5, 5.41) is 5.19. The fourth-order valence-electron chi connectivity index (χ4n) is 0.982. The van der Waals surface area contributed by atoms with Crippen molar-refractivity contribution in [2.45, 2.75) is 13.5 Å². The zero-order chi connectivity index (χ0) is 7.68. The molecule has 0 radical (unpaired) electrons. The Morgan fingerprint density at radius 2 is 2.45 bits per heavy atom. The SMILES string of the molecule is CCn1cc2cncnc2n1. The van der Waals surface area contributed by atoms with Crippen LogP contribution in [0, 0.1) is 0 Å². The van der Waals surface area contributed by atoms with Gasteiger partial charge < -0.3 is 0 Å². The van der Waals surface area contributed by atoms with Gasteiger partial charge in [0, 0.05) is 18.9 Å². The molecule has 0 aromatic carbocycles. The molecule has 0 fully saturated rings. The van der Waals surface area contributed by atoms with E-state index in [4.69, 9.17) is 0 Å². The first kappa shape index (κ1) is 6.27. The van der Waals surface area contributed by atoms with Crippen LogP contribution in [0.1, 0.15) is 6.92 Å². The van der Waals surface area contributed by atoms with Crippen LogP contribution in [0.3, 0.4) is 0 Å². The van der Waals surface area contributed by atoms with Crippen molar-refractivity contribution >= 4 is 11.0 Å².